The first kappa shape index (κ1) is 12.5. The number of aromatic nitrogens is 4. The highest BCUT2D eigenvalue weighted by Crippen LogP contribution is 2.25. The number of halogens is 1. The number of anilines is 3. The van der Waals surface area contributed by atoms with E-state index in [0.717, 1.165) is 11.4 Å². The van der Waals surface area contributed by atoms with Crippen molar-refractivity contribution in [3.05, 3.63) is 29.5 Å². The van der Waals surface area contributed by atoms with E-state index in [-0.39, 0.29) is 11.2 Å². The van der Waals surface area contributed by atoms with Crippen molar-refractivity contribution >= 4 is 40.2 Å². The van der Waals surface area contributed by atoms with Crippen LogP contribution >= 0.6 is 11.6 Å². The highest BCUT2D eigenvalue weighted by molar-refractivity contribution is 6.28. The minimum absolute atomic E-state index is 0.0920. The van der Waals surface area contributed by atoms with Crippen molar-refractivity contribution in [1.29, 1.82) is 0 Å². The van der Waals surface area contributed by atoms with E-state index in [4.69, 9.17) is 22.1 Å². The van der Waals surface area contributed by atoms with Gasteiger partial charge in [0, 0.05) is 11.8 Å². The second-order valence-corrected chi connectivity index (χ2v) is 4.36. The number of hydrogen-bond donors (Lipinski definition) is 3. The number of nitrogens with two attached hydrogens (primary N) is 1. The van der Waals surface area contributed by atoms with Crippen LogP contribution in [0.15, 0.2) is 24.3 Å². The van der Waals surface area contributed by atoms with E-state index in [1.807, 2.05) is 24.3 Å². The van der Waals surface area contributed by atoms with Gasteiger partial charge in [-0.3, -0.25) is 0 Å². The molecule has 0 spiro atoms. The van der Waals surface area contributed by atoms with Crippen LogP contribution in [0.25, 0.3) is 11.2 Å². The Morgan fingerprint density at radius 1 is 1.30 bits per heavy atom. The van der Waals surface area contributed by atoms with Gasteiger partial charge in [-0.25, -0.2) is 0 Å². The van der Waals surface area contributed by atoms with Gasteiger partial charge in [-0.1, -0.05) is 6.07 Å². The first-order chi connectivity index (χ1) is 9.65. The lowest BCUT2D eigenvalue weighted by molar-refractivity contribution is 0.415. The number of benzene rings is 1. The maximum absolute atomic E-state index is 5.88. The highest BCUT2D eigenvalue weighted by Gasteiger charge is 2.11. The van der Waals surface area contributed by atoms with E-state index in [1.54, 1.807) is 7.11 Å². The molecular formula is C12H11ClN6O. The molecule has 102 valence electrons. The first-order valence-corrected chi connectivity index (χ1v) is 6.13. The van der Waals surface area contributed by atoms with Gasteiger partial charge in [0.2, 0.25) is 5.28 Å². The van der Waals surface area contributed by atoms with Crippen LogP contribution in [0.3, 0.4) is 0 Å². The number of aromatic amines is 1. The topological polar surface area (TPSA) is 102 Å². The fourth-order valence-electron chi connectivity index (χ4n) is 1.82. The van der Waals surface area contributed by atoms with E-state index in [2.05, 4.69) is 25.3 Å². The number of H-pyrrole nitrogens is 1. The largest absolute Gasteiger partial charge is 0.497 e. The number of imidazole rings is 1. The number of rotatable bonds is 3. The number of nitrogens with one attached hydrogen (secondary N) is 2. The fraction of sp³-hybridized carbons (Fsp3) is 0.0833. The van der Waals surface area contributed by atoms with Gasteiger partial charge in [0.1, 0.15) is 11.3 Å². The summed E-state index contributed by atoms with van der Waals surface area (Å²) in [5, 5.41) is 3.23. The van der Waals surface area contributed by atoms with E-state index in [0.29, 0.717) is 17.0 Å². The number of ether oxygens (including phenoxy) is 1. The Kier molecular flexibility index (Phi) is 3.03. The van der Waals surface area contributed by atoms with Crippen LogP contribution in [-0.4, -0.2) is 27.0 Å². The summed E-state index contributed by atoms with van der Waals surface area (Å²) in [5.74, 6) is 1.48. The molecule has 2 aromatic heterocycles. The summed E-state index contributed by atoms with van der Waals surface area (Å²) in [6, 6.07) is 7.43. The number of nitrogens with zero attached hydrogens (tertiary/aromatic N) is 3. The van der Waals surface area contributed by atoms with Crippen LogP contribution in [0.2, 0.25) is 5.28 Å². The van der Waals surface area contributed by atoms with E-state index < -0.39 is 0 Å². The number of methoxy groups -OCH3 is 1. The molecule has 8 heteroatoms. The maximum Gasteiger partial charge on any atom is 0.226 e. The smallest absolute Gasteiger partial charge is 0.226 e. The normalized spacial score (nSPS) is 10.7. The Balaban J connectivity index is 2.05. The predicted octanol–water partition coefficient (Wildman–Crippen LogP) is 2.34. The maximum atomic E-state index is 5.88. The SMILES string of the molecule is COc1cccc(Nc2nc(Cl)nc3nc(N)[nH]c23)c1. The van der Waals surface area contributed by atoms with Crippen LogP contribution in [0.5, 0.6) is 5.75 Å². The van der Waals surface area contributed by atoms with Crippen molar-refractivity contribution in [1.82, 2.24) is 19.9 Å². The summed E-state index contributed by atoms with van der Waals surface area (Å²) in [5.41, 5.74) is 7.43. The molecule has 0 bridgehead atoms. The third-order valence-corrected chi connectivity index (χ3v) is 2.84. The van der Waals surface area contributed by atoms with Crippen molar-refractivity contribution in [2.24, 2.45) is 0 Å². The Morgan fingerprint density at radius 2 is 2.15 bits per heavy atom. The second kappa shape index (κ2) is 4.86. The van der Waals surface area contributed by atoms with Crippen LogP contribution in [0.4, 0.5) is 17.5 Å². The Hall–Kier alpha value is -2.54. The summed E-state index contributed by atoms with van der Waals surface area (Å²) < 4.78 is 5.17. The average molecular weight is 291 g/mol. The molecule has 0 fully saturated rings. The Bertz CT molecular complexity index is 772. The van der Waals surface area contributed by atoms with Gasteiger partial charge in [0.25, 0.3) is 0 Å². The van der Waals surface area contributed by atoms with E-state index in [9.17, 15) is 0 Å². The van der Waals surface area contributed by atoms with Crippen LogP contribution in [0, 0.1) is 0 Å². The lowest BCUT2D eigenvalue weighted by atomic mass is 10.3. The van der Waals surface area contributed by atoms with Crippen LogP contribution < -0.4 is 15.8 Å². The Morgan fingerprint density at radius 3 is 2.95 bits per heavy atom. The monoisotopic (exact) mass is 290 g/mol. The Labute approximate surface area is 119 Å². The molecule has 20 heavy (non-hydrogen) atoms. The first-order valence-electron chi connectivity index (χ1n) is 5.75. The molecule has 7 nitrogen and oxygen atoms in total. The van der Waals surface area contributed by atoms with Gasteiger partial charge in [-0.05, 0) is 23.7 Å². The molecule has 0 aliphatic heterocycles. The molecule has 0 radical (unpaired) electrons. The summed E-state index contributed by atoms with van der Waals surface area (Å²) in [7, 11) is 1.61. The van der Waals surface area contributed by atoms with E-state index >= 15 is 0 Å². The third-order valence-electron chi connectivity index (χ3n) is 2.67. The lowest BCUT2D eigenvalue weighted by Gasteiger charge is -2.08. The molecule has 0 saturated carbocycles. The van der Waals surface area contributed by atoms with Gasteiger partial charge in [0.15, 0.2) is 17.4 Å². The summed E-state index contributed by atoms with van der Waals surface area (Å²) in [4.78, 5) is 15.1. The predicted molar refractivity (Wildman–Crippen MR) is 77.4 cm³/mol. The molecule has 0 unspecified atom stereocenters. The molecule has 2 heterocycles. The van der Waals surface area contributed by atoms with Crippen molar-refractivity contribution in [3.63, 3.8) is 0 Å². The summed E-state index contributed by atoms with van der Waals surface area (Å²) in [6.07, 6.45) is 0. The molecule has 4 N–H and O–H groups in total. The average Bonchev–Trinajstić information content (AvgIpc) is 2.79. The zero-order valence-electron chi connectivity index (χ0n) is 10.5. The fourth-order valence-corrected chi connectivity index (χ4v) is 1.98. The minimum atomic E-state index is 0.0920. The molecule has 0 aliphatic rings. The van der Waals surface area contributed by atoms with Crippen molar-refractivity contribution in [2.75, 3.05) is 18.2 Å². The number of nitrogen functional groups attached to an aromatic ring is 1. The third kappa shape index (κ3) is 2.30. The standard InChI is InChI=1S/C12H11ClN6O/c1-20-7-4-2-3-6(5-7)15-9-8-10(18-11(13)17-9)19-12(14)16-8/h2-5H,1H3,(H4,14,15,16,17,18,19). The van der Waals surface area contributed by atoms with Crippen molar-refractivity contribution in [2.45, 2.75) is 0 Å². The number of hydrogen-bond acceptors (Lipinski definition) is 6. The zero-order chi connectivity index (χ0) is 14.1. The zero-order valence-corrected chi connectivity index (χ0v) is 11.3. The second-order valence-electron chi connectivity index (χ2n) is 4.02. The van der Waals surface area contributed by atoms with Gasteiger partial charge < -0.3 is 20.8 Å². The summed E-state index contributed by atoms with van der Waals surface area (Å²) >= 11 is 5.88. The van der Waals surface area contributed by atoms with Crippen molar-refractivity contribution in [3.8, 4) is 5.75 Å². The number of fused-ring (bicyclic) bond motifs is 1. The highest BCUT2D eigenvalue weighted by atomic mass is 35.5. The van der Waals surface area contributed by atoms with Gasteiger partial charge >= 0.3 is 0 Å². The molecule has 1 aromatic carbocycles. The van der Waals surface area contributed by atoms with Crippen LogP contribution in [0.1, 0.15) is 0 Å². The quantitative estimate of drug-likeness (QED) is 0.640. The van der Waals surface area contributed by atoms with Gasteiger partial charge in [-0.15, -0.1) is 0 Å². The molecule has 3 aromatic rings. The van der Waals surface area contributed by atoms with Crippen molar-refractivity contribution < 1.29 is 4.74 Å². The van der Waals surface area contributed by atoms with Gasteiger partial charge in [0.05, 0.1) is 7.11 Å². The molecule has 3 rings (SSSR count). The minimum Gasteiger partial charge on any atom is -0.497 e. The van der Waals surface area contributed by atoms with E-state index in [1.165, 1.54) is 0 Å². The molecule has 0 amide bonds. The molecule has 0 atom stereocenters. The lowest BCUT2D eigenvalue weighted by Crippen LogP contribution is -1.97. The molecular weight excluding hydrogens is 280 g/mol. The van der Waals surface area contributed by atoms with Crippen LogP contribution in [-0.2, 0) is 0 Å². The van der Waals surface area contributed by atoms with Gasteiger partial charge in [-0.2, -0.15) is 15.0 Å². The molecule has 0 aliphatic carbocycles. The summed E-state index contributed by atoms with van der Waals surface area (Å²) in [6.45, 7) is 0. The molecule has 0 saturated heterocycles.